The second-order valence-electron chi connectivity index (χ2n) is 6.76. The van der Waals surface area contributed by atoms with E-state index in [1.807, 2.05) is 0 Å². The Kier molecular flexibility index (Phi) is 7.26. The highest BCUT2D eigenvalue weighted by Crippen LogP contribution is 2.29. The second-order valence-corrected chi connectivity index (χ2v) is 8.44. The molecule has 1 amide bonds. The van der Waals surface area contributed by atoms with Crippen molar-refractivity contribution in [2.75, 3.05) is 19.0 Å². The molecule has 2 N–H and O–H groups in total. The van der Waals surface area contributed by atoms with Crippen LogP contribution in [-0.4, -0.2) is 46.7 Å². The largest absolute Gasteiger partial charge is 0.495 e. The Morgan fingerprint density at radius 3 is 2.50 bits per heavy atom. The van der Waals surface area contributed by atoms with Crippen molar-refractivity contribution in [2.45, 2.75) is 30.4 Å². The fourth-order valence-electron chi connectivity index (χ4n) is 2.67. The number of esters is 1. The molecule has 2 aromatic carbocycles. The molecule has 32 heavy (non-hydrogen) atoms. The molecule has 1 aliphatic rings. The number of nitrogens with one attached hydrogen (secondary N) is 2. The molecule has 0 bridgehead atoms. The van der Waals surface area contributed by atoms with E-state index >= 15 is 0 Å². The quantitative estimate of drug-likeness (QED) is 0.512. The van der Waals surface area contributed by atoms with Gasteiger partial charge in [-0.2, -0.15) is 8.78 Å². The van der Waals surface area contributed by atoms with Crippen molar-refractivity contribution < 1.29 is 41.0 Å². The lowest BCUT2D eigenvalue weighted by molar-refractivity contribution is -0.119. The smallest absolute Gasteiger partial charge is 0.387 e. The number of carbonyl (C=O) groups is 2. The molecule has 1 saturated carbocycles. The molecular weight excluding hydrogens is 450 g/mol. The molecule has 9 nitrogen and oxygen atoms in total. The first-order chi connectivity index (χ1) is 15.2. The summed E-state index contributed by atoms with van der Waals surface area (Å²) in [5, 5.41) is 2.30. The van der Waals surface area contributed by atoms with Crippen molar-refractivity contribution in [2.24, 2.45) is 0 Å². The Bertz CT molecular complexity index is 1100. The molecule has 1 aliphatic carbocycles. The Hall–Kier alpha value is -3.25. The second kappa shape index (κ2) is 9.92. The van der Waals surface area contributed by atoms with Gasteiger partial charge in [0.05, 0.1) is 18.4 Å². The average molecular weight is 470 g/mol. The number of ether oxygens (including phenoxy) is 3. The number of amides is 1. The normalized spacial score (nSPS) is 13.5. The predicted molar refractivity (Wildman–Crippen MR) is 108 cm³/mol. The van der Waals surface area contributed by atoms with Crippen molar-refractivity contribution in [1.29, 1.82) is 0 Å². The van der Waals surface area contributed by atoms with Crippen LogP contribution in [0, 0.1) is 0 Å². The van der Waals surface area contributed by atoms with E-state index < -0.39 is 35.1 Å². The summed E-state index contributed by atoms with van der Waals surface area (Å²) in [5.41, 5.74) is -0.144. The van der Waals surface area contributed by atoms with E-state index in [-0.39, 0.29) is 33.7 Å². The maximum absolute atomic E-state index is 12.5. The van der Waals surface area contributed by atoms with Crippen molar-refractivity contribution in [3.63, 3.8) is 0 Å². The Labute approximate surface area is 182 Å². The molecule has 1 fully saturated rings. The summed E-state index contributed by atoms with van der Waals surface area (Å²) in [6, 6.07) is 9.05. The highest BCUT2D eigenvalue weighted by atomic mass is 32.2. The molecule has 0 unspecified atom stereocenters. The minimum Gasteiger partial charge on any atom is -0.495 e. The molecule has 0 atom stereocenters. The summed E-state index contributed by atoms with van der Waals surface area (Å²) >= 11 is 0. The first-order valence-electron chi connectivity index (χ1n) is 9.41. The molecule has 3 rings (SSSR count). The lowest BCUT2D eigenvalue weighted by Gasteiger charge is -2.13. The third kappa shape index (κ3) is 6.14. The van der Waals surface area contributed by atoms with Gasteiger partial charge in [0.15, 0.2) is 6.61 Å². The number of carbonyl (C=O) groups excluding carboxylic acids is 2. The molecule has 0 spiro atoms. The fraction of sp³-hybridized carbons (Fsp3) is 0.300. The van der Waals surface area contributed by atoms with Crippen LogP contribution < -0.4 is 19.5 Å². The predicted octanol–water partition coefficient (Wildman–Crippen LogP) is 2.53. The Balaban J connectivity index is 1.66. The number of para-hydroxylation sites is 2. The molecule has 172 valence electrons. The maximum Gasteiger partial charge on any atom is 0.387 e. The first-order valence-corrected chi connectivity index (χ1v) is 10.9. The van der Waals surface area contributed by atoms with Gasteiger partial charge in [-0.3, -0.25) is 4.79 Å². The summed E-state index contributed by atoms with van der Waals surface area (Å²) in [6.07, 6.45) is 1.45. The van der Waals surface area contributed by atoms with Crippen molar-refractivity contribution in [3.05, 3.63) is 48.0 Å². The molecule has 0 heterocycles. The van der Waals surface area contributed by atoms with Crippen molar-refractivity contribution in [1.82, 2.24) is 4.72 Å². The fourth-order valence-corrected chi connectivity index (χ4v) is 4.17. The van der Waals surface area contributed by atoms with Gasteiger partial charge in [0, 0.05) is 6.04 Å². The van der Waals surface area contributed by atoms with Gasteiger partial charge < -0.3 is 19.5 Å². The number of halogens is 2. The van der Waals surface area contributed by atoms with Crippen LogP contribution >= 0.6 is 0 Å². The van der Waals surface area contributed by atoms with Gasteiger partial charge in [0.25, 0.3) is 5.91 Å². The lowest BCUT2D eigenvalue weighted by atomic mass is 10.2. The minimum absolute atomic E-state index is 0.0298. The van der Waals surface area contributed by atoms with Gasteiger partial charge in [0.2, 0.25) is 10.0 Å². The van der Waals surface area contributed by atoms with Crippen LogP contribution in [0.4, 0.5) is 14.5 Å². The highest BCUT2D eigenvalue weighted by Gasteiger charge is 2.30. The van der Waals surface area contributed by atoms with E-state index in [1.54, 1.807) is 0 Å². The summed E-state index contributed by atoms with van der Waals surface area (Å²) in [7, 11) is -2.62. The SMILES string of the molecule is COc1ccc(C(=O)OCC(=O)Nc2ccccc2OC(F)F)cc1S(=O)(=O)NC1CC1. The zero-order chi connectivity index (χ0) is 23.3. The van der Waals surface area contributed by atoms with Crippen LogP contribution in [-0.2, 0) is 19.6 Å². The molecule has 0 radical (unpaired) electrons. The minimum atomic E-state index is -3.92. The van der Waals surface area contributed by atoms with Gasteiger partial charge >= 0.3 is 12.6 Å². The van der Waals surface area contributed by atoms with Gasteiger partial charge in [-0.15, -0.1) is 0 Å². The van der Waals surface area contributed by atoms with Crippen LogP contribution in [0.3, 0.4) is 0 Å². The van der Waals surface area contributed by atoms with Crippen molar-refractivity contribution >= 4 is 27.6 Å². The van der Waals surface area contributed by atoms with Crippen LogP contribution in [0.2, 0.25) is 0 Å². The monoisotopic (exact) mass is 470 g/mol. The Morgan fingerprint density at radius 2 is 1.84 bits per heavy atom. The number of rotatable bonds is 10. The highest BCUT2D eigenvalue weighted by molar-refractivity contribution is 7.89. The number of benzene rings is 2. The van der Waals surface area contributed by atoms with Crippen LogP contribution in [0.5, 0.6) is 11.5 Å². The van der Waals surface area contributed by atoms with E-state index in [1.165, 1.54) is 43.5 Å². The van der Waals surface area contributed by atoms with Crippen molar-refractivity contribution in [3.8, 4) is 11.5 Å². The van der Waals surface area contributed by atoms with E-state index in [4.69, 9.17) is 9.47 Å². The molecule has 0 aliphatic heterocycles. The summed E-state index contributed by atoms with van der Waals surface area (Å²) in [6.45, 7) is -3.82. The van der Waals surface area contributed by atoms with E-state index in [9.17, 15) is 26.8 Å². The average Bonchev–Trinajstić information content (AvgIpc) is 3.56. The van der Waals surface area contributed by atoms with E-state index in [2.05, 4.69) is 14.8 Å². The van der Waals surface area contributed by atoms with Crippen LogP contribution in [0.25, 0.3) is 0 Å². The maximum atomic E-state index is 12.5. The standard InChI is InChI=1S/C20H20F2N2O7S/c1-29-16-9-6-12(10-17(16)32(27,28)24-13-7-8-13)19(26)30-11-18(25)23-14-4-2-3-5-15(14)31-20(21)22/h2-6,9-10,13,20,24H,7-8,11H2,1H3,(H,23,25). The molecular formula is C20H20F2N2O7S. The van der Waals surface area contributed by atoms with E-state index in [0.717, 1.165) is 18.9 Å². The summed E-state index contributed by atoms with van der Waals surface area (Å²) in [5.74, 6) is -1.97. The summed E-state index contributed by atoms with van der Waals surface area (Å²) < 4.78 is 66.8. The van der Waals surface area contributed by atoms with Crippen LogP contribution in [0.1, 0.15) is 23.2 Å². The Morgan fingerprint density at radius 1 is 1.12 bits per heavy atom. The zero-order valence-electron chi connectivity index (χ0n) is 16.8. The number of sulfonamides is 1. The van der Waals surface area contributed by atoms with Gasteiger partial charge in [0.1, 0.15) is 16.4 Å². The van der Waals surface area contributed by atoms with E-state index in [0.29, 0.717) is 0 Å². The third-order valence-corrected chi connectivity index (χ3v) is 5.84. The molecule has 0 saturated heterocycles. The summed E-state index contributed by atoms with van der Waals surface area (Å²) in [4.78, 5) is 24.2. The van der Waals surface area contributed by atoms with Gasteiger partial charge in [-0.05, 0) is 43.2 Å². The van der Waals surface area contributed by atoms with Gasteiger partial charge in [-0.1, -0.05) is 12.1 Å². The van der Waals surface area contributed by atoms with Gasteiger partial charge in [-0.25, -0.2) is 17.9 Å². The number of anilines is 1. The molecule has 0 aromatic heterocycles. The number of methoxy groups -OCH3 is 1. The molecule has 12 heteroatoms. The number of alkyl halides is 2. The topological polar surface area (TPSA) is 120 Å². The van der Waals surface area contributed by atoms with Crippen LogP contribution in [0.15, 0.2) is 47.4 Å². The first kappa shape index (κ1) is 23.4. The number of hydrogen-bond donors (Lipinski definition) is 2. The zero-order valence-corrected chi connectivity index (χ0v) is 17.7. The lowest BCUT2D eigenvalue weighted by Crippen LogP contribution is -2.26. The molecule has 2 aromatic rings. The number of hydrogen-bond acceptors (Lipinski definition) is 7. The third-order valence-electron chi connectivity index (χ3n) is 4.30.